The summed E-state index contributed by atoms with van der Waals surface area (Å²) in [6.45, 7) is 5.75. The molecule has 1 N–H and O–H groups in total. The molecule has 0 radical (unpaired) electrons. The summed E-state index contributed by atoms with van der Waals surface area (Å²) in [5.74, 6) is 0.834. The molecule has 2 heterocycles. The molecule has 1 aromatic heterocycles. The molecule has 0 aliphatic carbocycles. The van der Waals surface area contributed by atoms with Gasteiger partial charge in [0.05, 0.1) is 5.69 Å². The molecule has 1 aliphatic heterocycles. The van der Waals surface area contributed by atoms with Gasteiger partial charge in [-0.15, -0.1) is 0 Å². The van der Waals surface area contributed by atoms with Gasteiger partial charge < -0.3 is 5.32 Å². The molecular weight excluding hydrogens is 198 g/mol. The molecule has 1 aromatic rings. The van der Waals surface area contributed by atoms with Crippen molar-refractivity contribution in [3.8, 4) is 0 Å². The minimum Gasteiger partial charge on any atom is -0.388 e. The van der Waals surface area contributed by atoms with Crippen LogP contribution >= 0.6 is 0 Å². The Balaban J connectivity index is 1.97. The van der Waals surface area contributed by atoms with Gasteiger partial charge in [0.15, 0.2) is 0 Å². The van der Waals surface area contributed by atoms with E-state index in [1.165, 1.54) is 31.6 Å². The Morgan fingerprint density at radius 3 is 3.19 bits per heavy atom. The van der Waals surface area contributed by atoms with Gasteiger partial charge in [-0.1, -0.05) is 6.92 Å². The van der Waals surface area contributed by atoms with E-state index in [2.05, 4.69) is 28.2 Å². The number of hydrogen-bond donors (Lipinski definition) is 1. The third-order valence-electron chi connectivity index (χ3n) is 3.23. The highest BCUT2D eigenvalue weighted by molar-refractivity contribution is 5.42. The van der Waals surface area contributed by atoms with Crippen LogP contribution in [-0.4, -0.2) is 30.0 Å². The van der Waals surface area contributed by atoms with Gasteiger partial charge in [-0.25, -0.2) is 0 Å². The largest absolute Gasteiger partial charge is 0.388 e. The minimum absolute atomic E-state index is 0.834. The fraction of sp³-hybridized carbons (Fsp3) is 0.615. The van der Waals surface area contributed by atoms with Crippen molar-refractivity contribution in [3.05, 3.63) is 24.0 Å². The van der Waals surface area contributed by atoms with E-state index in [0.29, 0.717) is 0 Å². The molecule has 2 rings (SSSR count). The number of piperidine rings is 1. The third kappa shape index (κ3) is 2.95. The van der Waals surface area contributed by atoms with Gasteiger partial charge in [-0.2, -0.15) is 0 Å². The van der Waals surface area contributed by atoms with Gasteiger partial charge in [-0.05, 0) is 37.4 Å². The molecule has 1 atom stereocenters. The Bertz CT molecular complexity index is 338. The number of nitrogens with one attached hydrogen (secondary N) is 1. The highest BCUT2D eigenvalue weighted by atomic mass is 15.1. The van der Waals surface area contributed by atoms with Crippen LogP contribution in [0.15, 0.2) is 18.3 Å². The summed E-state index contributed by atoms with van der Waals surface area (Å²) >= 11 is 0. The lowest BCUT2D eigenvalue weighted by atomic mass is 10.0. The van der Waals surface area contributed by atoms with Crippen LogP contribution in [0.25, 0.3) is 0 Å². The first-order valence-electron chi connectivity index (χ1n) is 6.13. The molecule has 1 unspecified atom stereocenters. The lowest BCUT2D eigenvalue weighted by Crippen LogP contribution is -2.33. The molecule has 3 nitrogen and oxygen atoms in total. The maximum atomic E-state index is 4.42. The number of anilines is 1. The molecular formula is C13H21N3. The van der Waals surface area contributed by atoms with Crippen LogP contribution in [0.1, 0.15) is 25.5 Å². The summed E-state index contributed by atoms with van der Waals surface area (Å²) in [5.41, 5.74) is 2.32. The van der Waals surface area contributed by atoms with Gasteiger partial charge in [0.1, 0.15) is 0 Å². The predicted molar refractivity (Wildman–Crippen MR) is 67.5 cm³/mol. The first kappa shape index (κ1) is 11.4. The molecule has 88 valence electrons. The topological polar surface area (TPSA) is 28.2 Å². The Morgan fingerprint density at radius 2 is 2.44 bits per heavy atom. The van der Waals surface area contributed by atoms with Crippen molar-refractivity contribution in [2.75, 3.05) is 25.5 Å². The summed E-state index contributed by atoms with van der Waals surface area (Å²) < 4.78 is 0. The third-order valence-corrected chi connectivity index (χ3v) is 3.23. The zero-order valence-electron chi connectivity index (χ0n) is 10.2. The predicted octanol–water partition coefficient (Wildman–Crippen LogP) is 2.36. The maximum absolute atomic E-state index is 4.42. The van der Waals surface area contributed by atoms with Gasteiger partial charge in [0.2, 0.25) is 0 Å². The highest BCUT2D eigenvalue weighted by Crippen LogP contribution is 2.18. The number of nitrogens with zero attached hydrogens (tertiary/aromatic N) is 2. The lowest BCUT2D eigenvalue weighted by Gasteiger charge is -2.30. The Morgan fingerprint density at radius 1 is 1.56 bits per heavy atom. The first-order valence-corrected chi connectivity index (χ1v) is 6.13. The van der Waals surface area contributed by atoms with Crippen LogP contribution < -0.4 is 5.32 Å². The molecule has 0 aromatic carbocycles. The Hall–Kier alpha value is -1.09. The van der Waals surface area contributed by atoms with Gasteiger partial charge >= 0.3 is 0 Å². The second-order valence-corrected chi connectivity index (χ2v) is 4.77. The van der Waals surface area contributed by atoms with Crippen molar-refractivity contribution in [2.45, 2.75) is 26.3 Å². The monoisotopic (exact) mass is 219 g/mol. The number of aromatic nitrogens is 1. The van der Waals surface area contributed by atoms with E-state index < -0.39 is 0 Å². The Labute approximate surface area is 97.9 Å². The zero-order valence-corrected chi connectivity index (χ0v) is 10.2. The van der Waals surface area contributed by atoms with E-state index in [0.717, 1.165) is 18.2 Å². The average Bonchev–Trinajstić information content (AvgIpc) is 2.29. The van der Waals surface area contributed by atoms with Gasteiger partial charge in [0, 0.05) is 32.0 Å². The number of rotatable bonds is 3. The van der Waals surface area contributed by atoms with Crippen molar-refractivity contribution in [1.82, 2.24) is 9.88 Å². The normalized spacial score (nSPS) is 22.0. The zero-order chi connectivity index (χ0) is 11.4. The van der Waals surface area contributed by atoms with Crippen molar-refractivity contribution in [2.24, 2.45) is 5.92 Å². The van der Waals surface area contributed by atoms with Crippen LogP contribution in [0, 0.1) is 5.92 Å². The first-order chi connectivity index (χ1) is 7.78. The fourth-order valence-corrected chi connectivity index (χ4v) is 2.38. The lowest BCUT2D eigenvalue weighted by molar-refractivity contribution is 0.175. The van der Waals surface area contributed by atoms with Crippen molar-refractivity contribution < 1.29 is 0 Å². The summed E-state index contributed by atoms with van der Waals surface area (Å²) in [7, 11) is 1.95. The van der Waals surface area contributed by atoms with Crippen molar-refractivity contribution in [1.29, 1.82) is 0 Å². The van der Waals surface area contributed by atoms with E-state index in [1.54, 1.807) is 0 Å². The summed E-state index contributed by atoms with van der Waals surface area (Å²) in [6.07, 6.45) is 4.59. The van der Waals surface area contributed by atoms with E-state index in [9.17, 15) is 0 Å². The van der Waals surface area contributed by atoms with E-state index in [4.69, 9.17) is 0 Å². The van der Waals surface area contributed by atoms with Crippen LogP contribution in [0.3, 0.4) is 0 Å². The molecule has 16 heavy (non-hydrogen) atoms. The quantitative estimate of drug-likeness (QED) is 0.846. The fourth-order valence-electron chi connectivity index (χ4n) is 2.38. The number of pyridine rings is 1. The summed E-state index contributed by atoms with van der Waals surface area (Å²) in [4.78, 5) is 6.93. The minimum atomic E-state index is 0.834. The number of likely N-dealkylation sites (tertiary alicyclic amines) is 1. The summed E-state index contributed by atoms with van der Waals surface area (Å²) in [6, 6.07) is 4.14. The van der Waals surface area contributed by atoms with E-state index in [-0.39, 0.29) is 0 Å². The Kier molecular flexibility index (Phi) is 3.78. The second kappa shape index (κ2) is 5.30. The number of hydrogen-bond acceptors (Lipinski definition) is 3. The maximum Gasteiger partial charge on any atom is 0.0564 e. The SMILES string of the molecule is CNc1ccnc(CN2CCCC(C)C2)c1. The van der Waals surface area contributed by atoms with Crippen molar-refractivity contribution >= 4 is 5.69 Å². The van der Waals surface area contributed by atoms with Crippen LogP contribution in [0.4, 0.5) is 5.69 Å². The highest BCUT2D eigenvalue weighted by Gasteiger charge is 2.16. The summed E-state index contributed by atoms with van der Waals surface area (Å²) in [5, 5.41) is 3.15. The molecule has 0 spiro atoms. The molecule has 1 aliphatic rings. The molecule has 3 heteroatoms. The van der Waals surface area contributed by atoms with E-state index in [1.807, 2.05) is 19.3 Å². The van der Waals surface area contributed by atoms with Gasteiger partial charge in [-0.3, -0.25) is 9.88 Å². The van der Waals surface area contributed by atoms with Crippen LogP contribution in [-0.2, 0) is 6.54 Å². The standard InChI is InChI=1S/C13H21N3/c1-11-4-3-7-16(9-11)10-13-8-12(14-2)5-6-15-13/h5-6,8,11H,3-4,7,9-10H2,1-2H3,(H,14,15). The average molecular weight is 219 g/mol. The molecule has 1 fully saturated rings. The second-order valence-electron chi connectivity index (χ2n) is 4.77. The van der Waals surface area contributed by atoms with E-state index >= 15 is 0 Å². The van der Waals surface area contributed by atoms with Gasteiger partial charge in [0.25, 0.3) is 0 Å². The molecule has 0 amide bonds. The van der Waals surface area contributed by atoms with Crippen LogP contribution in [0.5, 0.6) is 0 Å². The van der Waals surface area contributed by atoms with Crippen LogP contribution in [0.2, 0.25) is 0 Å². The van der Waals surface area contributed by atoms with Crippen molar-refractivity contribution in [3.63, 3.8) is 0 Å². The molecule has 0 saturated carbocycles. The molecule has 1 saturated heterocycles. The smallest absolute Gasteiger partial charge is 0.0564 e. The molecule has 0 bridgehead atoms.